The van der Waals surface area contributed by atoms with Crippen LogP contribution in [0.5, 0.6) is 0 Å². The summed E-state index contributed by atoms with van der Waals surface area (Å²) < 4.78 is 3.02. The zero-order chi connectivity index (χ0) is 21.3. The molecule has 30 heavy (non-hydrogen) atoms. The Kier molecular flexibility index (Phi) is 5.37. The first-order valence-electron chi connectivity index (χ1n) is 9.53. The van der Waals surface area contributed by atoms with E-state index in [2.05, 4.69) is 15.5 Å². The molecule has 7 nitrogen and oxygen atoms in total. The summed E-state index contributed by atoms with van der Waals surface area (Å²) in [5.41, 5.74) is 0.971. The van der Waals surface area contributed by atoms with Crippen LogP contribution in [0.1, 0.15) is 35.9 Å². The number of carbonyl (C=O) groups is 1. The van der Waals surface area contributed by atoms with E-state index in [1.807, 2.05) is 38.1 Å². The molecule has 0 unspecified atom stereocenters. The van der Waals surface area contributed by atoms with Crippen molar-refractivity contribution in [2.45, 2.75) is 26.4 Å². The van der Waals surface area contributed by atoms with E-state index in [9.17, 15) is 9.59 Å². The SMILES string of the molecule is CC(C)n1nc(C(=O)Nc2ccnn2Cc2ccc(Cl)cc2)c2ccccc2c1=O. The van der Waals surface area contributed by atoms with Crippen molar-refractivity contribution in [3.8, 4) is 0 Å². The van der Waals surface area contributed by atoms with Crippen molar-refractivity contribution in [2.24, 2.45) is 0 Å². The van der Waals surface area contributed by atoms with E-state index in [1.165, 1.54) is 4.68 Å². The standard InChI is InChI=1S/C22H20ClN5O2/c1-14(2)28-22(30)18-6-4-3-5-17(18)20(26-28)21(29)25-19-11-12-24-27(19)13-15-7-9-16(23)10-8-15/h3-12,14H,13H2,1-2H3,(H,25,29). The summed E-state index contributed by atoms with van der Waals surface area (Å²) in [6, 6.07) is 16.0. The molecule has 152 valence electrons. The topological polar surface area (TPSA) is 81.8 Å². The fourth-order valence-corrected chi connectivity index (χ4v) is 3.35. The number of nitrogens with zero attached hydrogens (tertiary/aromatic N) is 4. The lowest BCUT2D eigenvalue weighted by Gasteiger charge is -2.14. The number of amides is 1. The highest BCUT2D eigenvalue weighted by molar-refractivity contribution is 6.30. The second kappa shape index (κ2) is 8.12. The van der Waals surface area contributed by atoms with Crippen LogP contribution >= 0.6 is 11.6 Å². The molecule has 0 aliphatic heterocycles. The lowest BCUT2D eigenvalue weighted by molar-refractivity contribution is 0.102. The molecule has 2 heterocycles. The van der Waals surface area contributed by atoms with Gasteiger partial charge in [0.25, 0.3) is 11.5 Å². The van der Waals surface area contributed by atoms with Gasteiger partial charge in [0.1, 0.15) is 5.82 Å². The van der Waals surface area contributed by atoms with E-state index in [4.69, 9.17) is 11.6 Å². The molecule has 0 saturated carbocycles. The average molecular weight is 422 g/mol. The van der Waals surface area contributed by atoms with E-state index in [0.29, 0.717) is 28.2 Å². The third kappa shape index (κ3) is 3.84. The van der Waals surface area contributed by atoms with E-state index >= 15 is 0 Å². The summed E-state index contributed by atoms with van der Waals surface area (Å²) in [6.45, 7) is 4.18. The summed E-state index contributed by atoms with van der Waals surface area (Å²) in [6.07, 6.45) is 1.62. The van der Waals surface area contributed by atoms with Gasteiger partial charge in [0, 0.05) is 16.5 Å². The summed E-state index contributed by atoms with van der Waals surface area (Å²) in [7, 11) is 0. The van der Waals surface area contributed by atoms with Gasteiger partial charge in [-0.05, 0) is 37.6 Å². The Hall–Kier alpha value is -3.45. The molecular formula is C22H20ClN5O2. The number of benzene rings is 2. The van der Waals surface area contributed by atoms with Gasteiger partial charge in [-0.25, -0.2) is 9.36 Å². The van der Waals surface area contributed by atoms with Crippen molar-refractivity contribution in [3.63, 3.8) is 0 Å². The van der Waals surface area contributed by atoms with Crippen molar-refractivity contribution in [1.29, 1.82) is 0 Å². The largest absolute Gasteiger partial charge is 0.305 e. The van der Waals surface area contributed by atoms with Gasteiger partial charge in [-0.15, -0.1) is 0 Å². The molecule has 0 aliphatic carbocycles. The van der Waals surface area contributed by atoms with Gasteiger partial charge in [0.2, 0.25) is 0 Å². The Morgan fingerprint density at radius 1 is 1.07 bits per heavy atom. The predicted molar refractivity (Wildman–Crippen MR) is 117 cm³/mol. The molecular weight excluding hydrogens is 402 g/mol. The molecule has 0 spiro atoms. The number of hydrogen-bond acceptors (Lipinski definition) is 4. The lowest BCUT2D eigenvalue weighted by Crippen LogP contribution is -2.29. The molecule has 0 saturated heterocycles. The quantitative estimate of drug-likeness (QED) is 0.525. The Morgan fingerprint density at radius 3 is 2.47 bits per heavy atom. The molecule has 0 atom stereocenters. The van der Waals surface area contributed by atoms with Gasteiger partial charge in [-0.3, -0.25) is 9.59 Å². The first-order valence-corrected chi connectivity index (χ1v) is 9.91. The van der Waals surface area contributed by atoms with Crippen LogP contribution in [0.2, 0.25) is 5.02 Å². The molecule has 0 aliphatic rings. The van der Waals surface area contributed by atoms with Gasteiger partial charge < -0.3 is 5.32 Å². The van der Waals surface area contributed by atoms with Gasteiger partial charge in [0.15, 0.2) is 5.69 Å². The Bertz CT molecular complexity index is 1270. The van der Waals surface area contributed by atoms with Gasteiger partial charge in [0.05, 0.1) is 24.2 Å². The Labute approximate surface area is 177 Å². The molecule has 4 aromatic rings. The van der Waals surface area contributed by atoms with Crippen LogP contribution in [0.3, 0.4) is 0 Å². The van der Waals surface area contributed by atoms with Crippen LogP contribution in [-0.4, -0.2) is 25.5 Å². The highest BCUT2D eigenvalue weighted by Crippen LogP contribution is 2.18. The fourth-order valence-electron chi connectivity index (χ4n) is 3.23. The zero-order valence-corrected chi connectivity index (χ0v) is 17.3. The van der Waals surface area contributed by atoms with Crippen molar-refractivity contribution in [1.82, 2.24) is 19.6 Å². The Balaban J connectivity index is 1.68. The number of carbonyl (C=O) groups excluding carboxylic acids is 1. The number of anilines is 1. The minimum absolute atomic E-state index is 0.177. The average Bonchev–Trinajstić information content (AvgIpc) is 3.16. The fraction of sp³-hybridized carbons (Fsp3) is 0.182. The van der Waals surface area contributed by atoms with Crippen LogP contribution in [-0.2, 0) is 6.54 Å². The number of rotatable bonds is 5. The van der Waals surface area contributed by atoms with Gasteiger partial charge in [-0.1, -0.05) is 41.9 Å². The second-order valence-corrected chi connectivity index (χ2v) is 7.63. The molecule has 0 fully saturated rings. The van der Waals surface area contributed by atoms with Crippen LogP contribution < -0.4 is 10.9 Å². The number of nitrogens with one attached hydrogen (secondary N) is 1. The van der Waals surface area contributed by atoms with Crippen molar-refractivity contribution in [3.05, 3.63) is 87.4 Å². The number of hydrogen-bond donors (Lipinski definition) is 1. The predicted octanol–water partition coefficient (Wildman–Crippen LogP) is 4.13. The monoisotopic (exact) mass is 421 g/mol. The third-order valence-electron chi connectivity index (χ3n) is 4.74. The number of halogens is 1. The minimum Gasteiger partial charge on any atom is -0.305 e. The summed E-state index contributed by atoms with van der Waals surface area (Å²) in [4.78, 5) is 25.8. The first kappa shape index (κ1) is 19.8. The molecule has 0 bridgehead atoms. The molecule has 8 heteroatoms. The van der Waals surface area contributed by atoms with Gasteiger partial charge >= 0.3 is 0 Å². The Morgan fingerprint density at radius 2 is 1.77 bits per heavy atom. The molecule has 1 N–H and O–H groups in total. The van der Waals surface area contributed by atoms with E-state index in [-0.39, 0.29) is 17.3 Å². The number of aromatic nitrogens is 4. The third-order valence-corrected chi connectivity index (χ3v) is 4.99. The highest BCUT2D eigenvalue weighted by atomic mass is 35.5. The van der Waals surface area contributed by atoms with Crippen LogP contribution in [0.15, 0.2) is 65.6 Å². The highest BCUT2D eigenvalue weighted by Gasteiger charge is 2.19. The molecule has 2 aromatic carbocycles. The second-order valence-electron chi connectivity index (χ2n) is 7.19. The normalized spacial score (nSPS) is 11.2. The summed E-state index contributed by atoms with van der Waals surface area (Å²) >= 11 is 5.94. The van der Waals surface area contributed by atoms with Crippen molar-refractivity contribution < 1.29 is 4.79 Å². The molecule has 2 aromatic heterocycles. The van der Waals surface area contributed by atoms with E-state index in [0.717, 1.165) is 5.56 Å². The molecule has 4 rings (SSSR count). The lowest BCUT2D eigenvalue weighted by atomic mass is 10.1. The van der Waals surface area contributed by atoms with Crippen molar-refractivity contribution >= 4 is 34.1 Å². The van der Waals surface area contributed by atoms with Crippen LogP contribution in [0.25, 0.3) is 10.8 Å². The first-order chi connectivity index (χ1) is 14.4. The van der Waals surface area contributed by atoms with Crippen LogP contribution in [0.4, 0.5) is 5.82 Å². The maximum absolute atomic E-state index is 13.1. The van der Waals surface area contributed by atoms with E-state index < -0.39 is 5.91 Å². The minimum atomic E-state index is -0.404. The summed E-state index contributed by atoms with van der Waals surface area (Å²) in [5, 5.41) is 13.2. The number of fused-ring (bicyclic) bond motifs is 1. The molecule has 0 radical (unpaired) electrons. The smallest absolute Gasteiger partial charge is 0.277 e. The zero-order valence-electron chi connectivity index (χ0n) is 16.5. The van der Waals surface area contributed by atoms with Gasteiger partial charge in [-0.2, -0.15) is 10.2 Å². The maximum atomic E-state index is 13.1. The van der Waals surface area contributed by atoms with Crippen molar-refractivity contribution in [2.75, 3.05) is 5.32 Å². The maximum Gasteiger partial charge on any atom is 0.277 e. The van der Waals surface area contributed by atoms with Crippen LogP contribution in [0, 0.1) is 0 Å². The molecule has 1 amide bonds. The summed E-state index contributed by atoms with van der Waals surface area (Å²) in [5.74, 6) is 0.126. The van der Waals surface area contributed by atoms with E-state index in [1.54, 1.807) is 41.2 Å².